The first-order valence-corrected chi connectivity index (χ1v) is 10.9. The summed E-state index contributed by atoms with van der Waals surface area (Å²) in [4.78, 5) is 38.1. The van der Waals surface area contributed by atoms with Crippen LogP contribution in [0.1, 0.15) is 47.1 Å². The average molecular weight is 460 g/mol. The third-order valence-corrected chi connectivity index (χ3v) is 5.36. The lowest BCUT2D eigenvalue weighted by Crippen LogP contribution is -2.27. The van der Waals surface area contributed by atoms with Gasteiger partial charge in [0.2, 0.25) is 0 Å². The summed E-state index contributed by atoms with van der Waals surface area (Å²) in [6, 6.07) is 9.26. The van der Waals surface area contributed by atoms with Crippen LogP contribution in [0.25, 0.3) is 17.0 Å². The van der Waals surface area contributed by atoms with Crippen LogP contribution in [0.3, 0.4) is 0 Å². The van der Waals surface area contributed by atoms with Gasteiger partial charge in [-0.25, -0.2) is 23.7 Å². The Kier molecular flexibility index (Phi) is 6.96. The average Bonchev–Trinajstić information content (AvgIpc) is 2.84. The Morgan fingerprint density at radius 1 is 1.09 bits per heavy atom. The van der Waals surface area contributed by atoms with E-state index in [0.29, 0.717) is 12.0 Å². The molecule has 2 heterocycles. The maximum absolute atomic E-state index is 13.4. The van der Waals surface area contributed by atoms with Crippen LogP contribution in [0.4, 0.5) is 8.78 Å². The third-order valence-electron chi connectivity index (χ3n) is 5.36. The molecule has 0 aliphatic rings. The maximum Gasteiger partial charge on any atom is 0.264 e. The van der Waals surface area contributed by atoms with Crippen LogP contribution < -0.4 is 5.56 Å². The molecule has 0 atom stereocenters. The molecule has 6 nitrogen and oxygen atoms in total. The first-order chi connectivity index (χ1) is 16.4. The smallest absolute Gasteiger partial charge is 0.264 e. The van der Waals surface area contributed by atoms with Crippen LogP contribution in [0.5, 0.6) is 0 Å². The van der Waals surface area contributed by atoms with Crippen LogP contribution in [0, 0.1) is 11.6 Å². The highest BCUT2D eigenvalue weighted by atomic mass is 19.2. The molecule has 0 aliphatic heterocycles. The summed E-state index contributed by atoms with van der Waals surface area (Å²) in [5, 5.41) is 0.937. The highest BCUT2D eigenvalue weighted by molar-refractivity contribution is 5.95. The van der Waals surface area contributed by atoms with Gasteiger partial charge in [0.1, 0.15) is 11.4 Å². The van der Waals surface area contributed by atoms with Gasteiger partial charge < -0.3 is 0 Å². The number of allylic oxidation sites excluding steroid dienone is 1. The molecular weight excluding hydrogens is 438 g/mol. The van der Waals surface area contributed by atoms with Gasteiger partial charge in [0, 0.05) is 30.6 Å². The SMILES string of the molecule is CCc1ncc2cc(/C=C/CCC(=O)c3cncn(Cc4ccc(F)c(F)c4)c3=O)ccc2n1. The van der Waals surface area contributed by atoms with Crippen molar-refractivity contribution in [3.63, 3.8) is 0 Å². The van der Waals surface area contributed by atoms with Crippen LogP contribution in [0.15, 0.2) is 66.0 Å². The molecule has 172 valence electrons. The Balaban J connectivity index is 1.40. The minimum Gasteiger partial charge on any atom is -0.294 e. The molecule has 2 aromatic heterocycles. The van der Waals surface area contributed by atoms with Crippen molar-refractivity contribution in [2.24, 2.45) is 0 Å². The van der Waals surface area contributed by atoms with E-state index in [-0.39, 0.29) is 24.3 Å². The molecule has 2 aromatic carbocycles. The number of aromatic nitrogens is 4. The molecule has 4 aromatic rings. The zero-order valence-corrected chi connectivity index (χ0v) is 18.5. The molecule has 34 heavy (non-hydrogen) atoms. The van der Waals surface area contributed by atoms with Gasteiger partial charge in [-0.05, 0) is 41.8 Å². The van der Waals surface area contributed by atoms with Gasteiger partial charge in [0.25, 0.3) is 5.56 Å². The number of Topliss-reactive ketones (excluding diaryl/α,β-unsaturated/α-hetero) is 1. The lowest BCUT2D eigenvalue weighted by molar-refractivity contribution is 0.0981. The van der Waals surface area contributed by atoms with E-state index in [1.54, 1.807) is 6.20 Å². The Hall–Kier alpha value is -4.07. The number of benzene rings is 2. The van der Waals surface area contributed by atoms with Crippen LogP contribution in [-0.2, 0) is 13.0 Å². The number of halogens is 2. The number of ketones is 1. The summed E-state index contributed by atoms with van der Waals surface area (Å²) in [6.07, 6.45) is 9.45. The van der Waals surface area contributed by atoms with Gasteiger partial charge in [-0.3, -0.25) is 14.2 Å². The number of carbonyl (C=O) groups is 1. The fourth-order valence-corrected chi connectivity index (χ4v) is 3.52. The molecule has 0 bridgehead atoms. The van der Waals surface area contributed by atoms with Gasteiger partial charge in [0.15, 0.2) is 17.4 Å². The number of hydrogen-bond donors (Lipinski definition) is 0. The highest BCUT2D eigenvalue weighted by Crippen LogP contribution is 2.15. The van der Waals surface area contributed by atoms with Gasteiger partial charge in [-0.1, -0.05) is 31.2 Å². The summed E-state index contributed by atoms with van der Waals surface area (Å²) in [6.45, 7) is 1.99. The van der Waals surface area contributed by atoms with Gasteiger partial charge >= 0.3 is 0 Å². The molecule has 4 rings (SSSR count). The first-order valence-electron chi connectivity index (χ1n) is 10.9. The first kappa shape index (κ1) is 23.1. The minimum absolute atomic E-state index is 0.0184. The van der Waals surface area contributed by atoms with E-state index < -0.39 is 17.2 Å². The second-order valence-electron chi connectivity index (χ2n) is 7.81. The molecule has 0 aliphatic carbocycles. The lowest BCUT2D eigenvalue weighted by atomic mass is 10.1. The van der Waals surface area contributed by atoms with Gasteiger partial charge in [-0.2, -0.15) is 0 Å². The van der Waals surface area contributed by atoms with E-state index in [2.05, 4.69) is 15.0 Å². The van der Waals surface area contributed by atoms with Crippen molar-refractivity contribution in [3.8, 4) is 0 Å². The fourth-order valence-electron chi connectivity index (χ4n) is 3.52. The molecule has 0 N–H and O–H groups in total. The summed E-state index contributed by atoms with van der Waals surface area (Å²) in [7, 11) is 0. The highest BCUT2D eigenvalue weighted by Gasteiger charge is 2.13. The zero-order chi connectivity index (χ0) is 24.1. The Morgan fingerprint density at radius 2 is 1.94 bits per heavy atom. The normalized spacial score (nSPS) is 11.4. The standard InChI is InChI=1S/C26H22F2N4O2/c1-2-25-30-13-19-11-17(8-10-23(19)31-25)5-3-4-6-24(33)20-14-29-16-32(26(20)34)15-18-7-9-21(27)22(28)12-18/h3,5,7-14,16H,2,4,6,15H2,1H3/b5-3+. The molecule has 0 saturated heterocycles. The Labute approximate surface area is 194 Å². The van der Waals surface area contributed by atoms with Crippen molar-refractivity contribution in [2.75, 3.05) is 0 Å². The van der Waals surface area contributed by atoms with Crippen LogP contribution in [0.2, 0.25) is 0 Å². The monoisotopic (exact) mass is 460 g/mol. The van der Waals surface area contributed by atoms with E-state index in [1.165, 1.54) is 23.2 Å². The number of carbonyl (C=O) groups excluding carboxylic acids is 1. The number of aryl methyl sites for hydroxylation is 1. The quantitative estimate of drug-likeness (QED) is 0.355. The van der Waals surface area contributed by atoms with Gasteiger partial charge in [-0.15, -0.1) is 0 Å². The van der Waals surface area contributed by atoms with E-state index in [1.807, 2.05) is 37.3 Å². The Bertz CT molecular complexity index is 1450. The topological polar surface area (TPSA) is 77.7 Å². The van der Waals surface area contributed by atoms with Crippen LogP contribution >= 0.6 is 0 Å². The van der Waals surface area contributed by atoms with Crippen LogP contribution in [-0.4, -0.2) is 25.3 Å². The maximum atomic E-state index is 13.4. The largest absolute Gasteiger partial charge is 0.294 e. The predicted octanol–water partition coefficient (Wildman–Crippen LogP) is 4.75. The summed E-state index contributed by atoms with van der Waals surface area (Å²) in [5.74, 6) is -1.49. The molecule has 0 saturated carbocycles. The van der Waals surface area contributed by atoms with E-state index in [4.69, 9.17) is 0 Å². The second-order valence-corrected chi connectivity index (χ2v) is 7.81. The lowest BCUT2D eigenvalue weighted by Gasteiger charge is -2.07. The zero-order valence-electron chi connectivity index (χ0n) is 18.5. The summed E-state index contributed by atoms with van der Waals surface area (Å²) >= 11 is 0. The Morgan fingerprint density at radius 3 is 2.74 bits per heavy atom. The number of hydrogen-bond acceptors (Lipinski definition) is 5. The minimum atomic E-state index is -0.998. The molecule has 8 heteroatoms. The summed E-state index contributed by atoms with van der Waals surface area (Å²) < 4.78 is 27.8. The van der Waals surface area contributed by atoms with Crippen molar-refractivity contribution in [3.05, 3.63) is 106 Å². The molecule has 0 unspecified atom stereocenters. The van der Waals surface area contributed by atoms with Crippen molar-refractivity contribution in [1.29, 1.82) is 0 Å². The summed E-state index contributed by atoms with van der Waals surface area (Å²) in [5.41, 5.74) is 1.68. The molecule has 0 radical (unpaired) electrons. The third kappa shape index (κ3) is 5.28. The van der Waals surface area contributed by atoms with E-state index in [0.717, 1.165) is 40.8 Å². The molecule has 0 fully saturated rings. The molecular formula is C26H22F2N4O2. The number of fused-ring (bicyclic) bond motifs is 1. The van der Waals surface area contributed by atoms with E-state index in [9.17, 15) is 18.4 Å². The predicted molar refractivity (Wildman–Crippen MR) is 125 cm³/mol. The van der Waals surface area contributed by atoms with Crippen molar-refractivity contribution >= 4 is 22.8 Å². The van der Waals surface area contributed by atoms with Crippen molar-refractivity contribution < 1.29 is 13.6 Å². The second kappa shape index (κ2) is 10.2. The molecule has 0 amide bonds. The fraction of sp³-hybridized carbons (Fsp3) is 0.192. The van der Waals surface area contributed by atoms with Crippen molar-refractivity contribution in [1.82, 2.24) is 19.5 Å². The van der Waals surface area contributed by atoms with Crippen molar-refractivity contribution in [2.45, 2.75) is 32.7 Å². The van der Waals surface area contributed by atoms with E-state index >= 15 is 0 Å². The molecule has 0 spiro atoms. The number of rotatable bonds is 8. The number of nitrogens with zero attached hydrogens (tertiary/aromatic N) is 4. The van der Waals surface area contributed by atoms with Gasteiger partial charge in [0.05, 0.1) is 18.4 Å².